The molecule has 1 aliphatic carbocycles. The molecule has 3 aromatic rings. The lowest BCUT2D eigenvalue weighted by atomic mass is 9.92. The first-order chi connectivity index (χ1) is 16.9. The Kier molecular flexibility index (Phi) is 6.01. The molecule has 0 bridgehead atoms. The number of fused-ring (bicyclic) bond motifs is 3. The van der Waals surface area contributed by atoms with Crippen LogP contribution in [-0.2, 0) is 19.0 Å². The number of alkyl halides is 3. The van der Waals surface area contributed by atoms with Gasteiger partial charge in [-0.05, 0) is 93.8 Å². The summed E-state index contributed by atoms with van der Waals surface area (Å²) >= 11 is 0. The summed E-state index contributed by atoms with van der Waals surface area (Å²) in [6, 6.07) is 5.30. The van der Waals surface area contributed by atoms with Gasteiger partial charge in [0.05, 0.1) is 22.7 Å². The molecule has 4 N–H and O–H groups in total. The molecule has 1 fully saturated rings. The lowest BCUT2D eigenvalue weighted by molar-refractivity contribution is -0.137. The van der Waals surface area contributed by atoms with Gasteiger partial charge in [0.25, 0.3) is 0 Å². The summed E-state index contributed by atoms with van der Waals surface area (Å²) in [5.74, 6) is 1.21. The van der Waals surface area contributed by atoms with Crippen molar-refractivity contribution in [3.63, 3.8) is 0 Å². The number of benzene rings is 2. The predicted octanol–water partition coefficient (Wildman–Crippen LogP) is 5.55. The zero-order valence-electron chi connectivity index (χ0n) is 20.8. The molecule has 1 atom stereocenters. The van der Waals surface area contributed by atoms with E-state index in [1.165, 1.54) is 11.1 Å². The highest BCUT2D eigenvalue weighted by Gasteiger charge is 2.32. The van der Waals surface area contributed by atoms with E-state index in [1.54, 1.807) is 13.0 Å². The van der Waals surface area contributed by atoms with Crippen LogP contribution in [0.25, 0.3) is 10.9 Å². The van der Waals surface area contributed by atoms with E-state index in [4.69, 9.17) is 10.7 Å². The van der Waals surface area contributed by atoms with Crippen molar-refractivity contribution in [2.75, 3.05) is 29.0 Å². The maximum absolute atomic E-state index is 13.4. The van der Waals surface area contributed by atoms with Crippen molar-refractivity contribution >= 4 is 28.1 Å². The van der Waals surface area contributed by atoms with Crippen LogP contribution in [0.15, 0.2) is 24.3 Å². The maximum atomic E-state index is 13.4. The average Bonchev–Trinajstić information content (AvgIpc) is 3.28. The lowest BCUT2D eigenvalue weighted by Crippen LogP contribution is -2.42. The number of aromatic nitrogens is 2. The molecule has 1 aliphatic heterocycles. The van der Waals surface area contributed by atoms with Crippen molar-refractivity contribution < 1.29 is 18.3 Å². The molecule has 1 aromatic heterocycles. The maximum Gasteiger partial charge on any atom is 0.416 e. The van der Waals surface area contributed by atoms with Gasteiger partial charge >= 0.3 is 6.18 Å². The van der Waals surface area contributed by atoms with E-state index >= 15 is 0 Å². The third-order valence-corrected chi connectivity index (χ3v) is 7.49. The highest BCUT2D eigenvalue weighted by Crippen LogP contribution is 2.41. The standard InChI is InChI=1S/C27H32F3N5O/c1-15(17-11-18(27(28,29)30)13-19(31)12-17)32-25-22-14-23(35-9-7-26(3,36)8-10-35)20-5-4-6-21(20)24(22)33-16(2)34-25/h11-15,36H,4-10,31H2,1-3H3,(H,32,33,34)/t15-/m1/s1. The molecule has 2 aromatic carbocycles. The zero-order chi connectivity index (χ0) is 25.8. The Morgan fingerprint density at radius 2 is 1.78 bits per heavy atom. The number of hydrogen-bond acceptors (Lipinski definition) is 6. The number of hydrogen-bond donors (Lipinski definition) is 3. The number of halogens is 3. The van der Waals surface area contributed by atoms with Gasteiger partial charge in [0.1, 0.15) is 11.6 Å². The summed E-state index contributed by atoms with van der Waals surface area (Å²) in [5.41, 5.74) is 9.49. The summed E-state index contributed by atoms with van der Waals surface area (Å²) in [4.78, 5) is 11.8. The molecular weight excluding hydrogens is 467 g/mol. The molecule has 0 unspecified atom stereocenters. The number of piperidine rings is 1. The molecule has 0 saturated carbocycles. The third kappa shape index (κ3) is 4.68. The highest BCUT2D eigenvalue weighted by atomic mass is 19.4. The fourth-order valence-corrected chi connectivity index (χ4v) is 5.46. The minimum atomic E-state index is -4.48. The monoisotopic (exact) mass is 499 g/mol. The van der Waals surface area contributed by atoms with Gasteiger partial charge in [-0.3, -0.25) is 0 Å². The summed E-state index contributed by atoms with van der Waals surface area (Å²) in [6.45, 7) is 7.05. The molecule has 1 saturated heterocycles. The Balaban J connectivity index is 1.56. The summed E-state index contributed by atoms with van der Waals surface area (Å²) in [7, 11) is 0. The van der Waals surface area contributed by atoms with E-state index < -0.39 is 23.4 Å². The molecule has 0 amide bonds. The molecule has 0 radical (unpaired) electrons. The highest BCUT2D eigenvalue weighted by molar-refractivity contribution is 5.96. The number of aryl methyl sites for hydroxylation is 2. The van der Waals surface area contributed by atoms with Crippen LogP contribution < -0.4 is 16.0 Å². The van der Waals surface area contributed by atoms with E-state index in [0.29, 0.717) is 30.0 Å². The van der Waals surface area contributed by atoms with E-state index in [9.17, 15) is 18.3 Å². The molecule has 6 nitrogen and oxygen atoms in total. The fraction of sp³-hybridized carbons (Fsp3) is 0.481. The molecule has 36 heavy (non-hydrogen) atoms. The molecule has 5 rings (SSSR count). The Bertz CT molecular complexity index is 1310. The van der Waals surface area contributed by atoms with Crippen LogP contribution in [0, 0.1) is 6.92 Å². The molecular formula is C27H32F3N5O. The Morgan fingerprint density at radius 3 is 2.47 bits per heavy atom. The fourth-order valence-electron chi connectivity index (χ4n) is 5.46. The van der Waals surface area contributed by atoms with Crippen LogP contribution >= 0.6 is 0 Å². The number of anilines is 3. The quantitative estimate of drug-likeness (QED) is 0.408. The number of nitrogens with two attached hydrogens (primary N) is 1. The second kappa shape index (κ2) is 8.80. The van der Waals surface area contributed by atoms with Crippen LogP contribution in [0.5, 0.6) is 0 Å². The van der Waals surface area contributed by atoms with Crippen molar-refractivity contribution in [1.29, 1.82) is 0 Å². The first-order valence-corrected chi connectivity index (χ1v) is 12.5. The van der Waals surface area contributed by atoms with Crippen molar-refractivity contribution in [1.82, 2.24) is 9.97 Å². The van der Waals surface area contributed by atoms with Crippen LogP contribution in [0.2, 0.25) is 0 Å². The number of rotatable bonds is 4. The van der Waals surface area contributed by atoms with Gasteiger partial charge in [-0.2, -0.15) is 13.2 Å². The zero-order valence-corrected chi connectivity index (χ0v) is 20.8. The molecule has 2 heterocycles. The van der Waals surface area contributed by atoms with Gasteiger partial charge in [-0.25, -0.2) is 9.97 Å². The van der Waals surface area contributed by atoms with Gasteiger partial charge in [-0.15, -0.1) is 0 Å². The Morgan fingerprint density at radius 1 is 1.08 bits per heavy atom. The summed E-state index contributed by atoms with van der Waals surface area (Å²) < 4.78 is 40.1. The second-order valence-corrected chi connectivity index (χ2v) is 10.5. The molecule has 9 heteroatoms. The van der Waals surface area contributed by atoms with E-state index in [0.717, 1.165) is 61.1 Å². The van der Waals surface area contributed by atoms with Crippen LogP contribution in [0.1, 0.15) is 67.2 Å². The van der Waals surface area contributed by atoms with Crippen LogP contribution in [0.4, 0.5) is 30.4 Å². The van der Waals surface area contributed by atoms with Crippen molar-refractivity contribution in [2.24, 2.45) is 0 Å². The molecule has 0 spiro atoms. The lowest BCUT2D eigenvalue weighted by Gasteiger charge is -2.38. The van der Waals surface area contributed by atoms with Crippen LogP contribution in [0.3, 0.4) is 0 Å². The normalized spacial score (nSPS) is 18.4. The number of aliphatic hydroxyl groups is 1. The average molecular weight is 500 g/mol. The van der Waals surface area contributed by atoms with Crippen molar-refractivity contribution in [2.45, 2.75) is 70.7 Å². The van der Waals surface area contributed by atoms with Crippen LogP contribution in [-0.4, -0.2) is 33.8 Å². The number of nitrogens with zero attached hydrogens (tertiary/aromatic N) is 3. The second-order valence-electron chi connectivity index (χ2n) is 10.5. The first kappa shape index (κ1) is 24.6. The van der Waals surface area contributed by atoms with Gasteiger partial charge < -0.3 is 21.1 Å². The SMILES string of the molecule is Cc1nc(N[C@H](C)c2cc(N)cc(C(F)(F)F)c2)c2cc(N3CCC(C)(O)CC3)c3c(c2n1)CCC3. The first-order valence-electron chi connectivity index (χ1n) is 12.5. The van der Waals surface area contributed by atoms with Gasteiger partial charge in [0.2, 0.25) is 0 Å². The van der Waals surface area contributed by atoms with Gasteiger partial charge in [0.15, 0.2) is 0 Å². The molecule has 2 aliphatic rings. The minimum absolute atomic E-state index is 0.0679. The predicted molar refractivity (Wildman–Crippen MR) is 136 cm³/mol. The van der Waals surface area contributed by atoms with Gasteiger partial charge in [0, 0.05) is 29.9 Å². The molecule has 192 valence electrons. The topological polar surface area (TPSA) is 87.3 Å². The van der Waals surface area contributed by atoms with E-state index in [1.807, 2.05) is 13.8 Å². The smallest absolute Gasteiger partial charge is 0.399 e. The van der Waals surface area contributed by atoms with Crippen molar-refractivity contribution in [3.8, 4) is 0 Å². The van der Waals surface area contributed by atoms with E-state index in [-0.39, 0.29) is 5.69 Å². The summed E-state index contributed by atoms with van der Waals surface area (Å²) in [6.07, 6.45) is -0.109. The Labute approximate surface area is 208 Å². The summed E-state index contributed by atoms with van der Waals surface area (Å²) in [5, 5.41) is 14.7. The van der Waals surface area contributed by atoms with Crippen molar-refractivity contribution in [3.05, 3.63) is 52.3 Å². The number of nitrogens with one attached hydrogen (secondary N) is 1. The van der Waals surface area contributed by atoms with E-state index in [2.05, 4.69) is 21.3 Å². The number of nitrogen functional groups attached to an aromatic ring is 1. The van der Waals surface area contributed by atoms with Gasteiger partial charge in [-0.1, -0.05) is 0 Å². The largest absolute Gasteiger partial charge is 0.416 e. The minimum Gasteiger partial charge on any atom is -0.399 e. The Hall–Kier alpha value is -3.07. The third-order valence-electron chi connectivity index (χ3n) is 7.49.